The van der Waals surface area contributed by atoms with Gasteiger partial charge in [-0.05, 0) is 25.0 Å². The third-order valence-corrected chi connectivity index (χ3v) is 3.79. The second-order valence-corrected chi connectivity index (χ2v) is 5.29. The molecule has 2 aliphatic rings. The van der Waals surface area contributed by atoms with E-state index in [0.717, 1.165) is 18.9 Å². The first kappa shape index (κ1) is 12.9. The molecule has 2 saturated heterocycles. The van der Waals surface area contributed by atoms with Crippen LogP contribution in [-0.2, 0) is 9.59 Å². The van der Waals surface area contributed by atoms with Crippen LogP contribution in [0, 0.1) is 5.92 Å². The molecule has 2 N–H and O–H groups in total. The summed E-state index contributed by atoms with van der Waals surface area (Å²) in [6.45, 7) is 2.52. The molecule has 2 aliphatic heterocycles. The maximum Gasteiger partial charge on any atom is 0.229 e. The highest BCUT2D eigenvalue weighted by Gasteiger charge is 2.27. The van der Waals surface area contributed by atoms with Gasteiger partial charge in [-0.1, -0.05) is 0 Å². The summed E-state index contributed by atoms with van der Waals surface area (Å²) in [6.07, 6.45) is 4.37. The predicted molar refractivity (Wildman–Crippen MR) is 75.4 cm³/mol. The Hall–Kier alpha value is -2.11. The lowest BCUT2D eigenvalue weighted by molar-refractivity contribution is -0.123. The van der Waals surface area contributed by atoms with Crippen LogP contribution in [0.3, 0.4) is 0 Å². The minimum atomic E-state index is -0.277. The van der Waals surface area contributed by atoms with Crippen molar-refractivity contribution in [3.8, 4) is 0 Å². The van der Waals surface area contributed by atoms with Gasteiger partial charge in [0.15, 0.2) is 0 Å². The molecule has 6 heteroatoms. The predicted octanol–water partition coefficient (Wildman–Crippen LogP) is 0.756. The fourth-order valence-electron chi connectivity index (χ4n) is 2.63. The van der Waals surface area contributed by atoms with Crippen LogP contribution in [0.5, 0.6) is 0 Å². The summed E-state index contributed by atoms with van der Waals surface area (Å²) in [5.41, 5.74) is 0.678. The number of anilines is 2. The summed E-state index contributed by atoms with van der Waals surface area (Å²) in [6, 6.07) is 3.79. The highest BCUT2D eigenvalue weighted by molar-refractivity contribution is 5.97. The fraction of sp³-hybridized carbons (Fsp3) is 0.500. The van der Waals surface area contributed by atoms with Gasteiger partial charge in [0.1, 0.15) is 5.82 Å². The molecule has 3 rings (SSSR count). The van der Waals surface area contributed by atoms with Crippen molar-refractivity contribution in [3.05, 3.63) is 18.3 Å². The van der Waals surface area contributed by atoms with Gasteiger partial charge in [-0.15, -0.1) is 0 Å². The number of rotatable bonds is 3. The second kappa shape index (κ2) is 5.48. The quantitative estimate of drug-likeness (QED) is 0.853. The summed E-state index contributed by atoms with van der Waals surface area (Å²) in [4.78, 5) is 29.7. The maximum absolute atomic E-state index is 12.0. The monoisotopic (exact) mass is 274 g/mol. The van der Waals surface area contributed by atoms with E-state index in [1.54, 1.807) is 6.20 Å². The van der Waals surface area contributed by atoms with E-state index in [1.165, 1.54) is 12.8 Å². The van der Waals surface area contributed by atoms with Crippen LogP contribution in [0.1, 0.15) is 19.3 Å². The summed E-state index contributed by atoms with van der Waals surface area (Å²) < 4.78 is 0. The van der Waals surface area contributed by atoms with E-state index in [9.17, 15) is 9.59 Å². The number of carbonyl (C=O) groups excluding carboxylic acids is 2. The van der Waals surface area contributed by atoms with Gasteiger partial charge in [-0.3, -0.25) is 9.59 Å². The standard InChI is InChI=1S/C14H18N4O2/c19-13-7-10(8-16-13)14(20)17-11-3-4-12(15-9-11)18-5-1-2-6-18/h3-4,9-10H,1-2,5-8H2,(H,16,19)(H,17,20). The minimum Gasteiger partial charge on any atom is -0.357 e. The number of amides is 2. The molecule has 2 fully saturated rings. The Kier molecular flexibility index (Phi) is 3.54. The summed E-state index contributed by atoms with van der Waals surface area (Å²) in [5, 5.41) is 5.47. The fourth-order valence-corrected chi connectivity index (χ4v) is 2.63. The molecule has 0 radical (unpaired) electrons. The van der Waals surface area contributed by atoms with E-state index in [-0.39, 0.29) is 24.2 Å². The number of pyridine rings is 1. The molecule has 0 aliphatic carbocycles. The molecule has 20 heavy (non-hydrogen) atoms. The summed E-state index contributed by atoms with van der Waals surface area (Å²) >= 11 is 0. The average Bonchev–Trinajstić information content (AvgIpc) is 3.10. The highest BCUT2D eigenvalue weighted by atomic mass is 16.2. The second-order valence-electron chi connectivity index (χ2n) is 5.29. The smallest absolute Gasteiger partial charge is 0.229 e. The van der Waals surface area contributed by atoms with E-state index in [4.69, 9.17) is 0 Å². The van der Waals surface area contributed by atoms with Crippen molar-refractivity contribution in [2.45, 2.75) is 19.3 Å². The molecule has 0 spiro atoms. The Bertz CT molecular complexity index is 508. The molecule has 0 saturated carbocycles. The van der Waals surface area contributed by atoms with Crippen LogP contribution >= 0.6 is 0 Å². The summed E-state index contributed by atoms with van der Waals surface area (Å²) in [7, 11) is 0. The van der Waals surface area contributed by atoms with E-state index >= 15 is 0 Å². The zero-order chi connectivity index (χ0) is 13.9. The summed E-state index contributed by atoms with van der Waals surface area (Å²) in [5.74, 6) is 0.491. The van der Waals surface area contributed by atoms with E-state index < -0.39 is 0 Å². The molecule has 1 aromatic rings. The van der Waals surface area contributed by atoms with Gasteiger partial charge in [0.2, 0.25) is 11.8 Å². The van der Waals surface area contributed by atoms with Crippen molar-refractivity contribution in [1.29, 1.82) is 0 Å². The highest BCUT2D eigenvalue weighted by Crippen LogP contribution is 2.20. The Balaban J connectivity index is 1.60. The van der Waals surface area contributed by atoms with Crippen molar-refractivity contribution < 1.29 is 9.59 Å². The molecule has 6 nitrogen and oxygen atoms in total. The number of carbonyl (C=O) groups is 2. The topological polar surface area (TPSA) is 74.3 Å². The first-order valence-corrected chi connectivity index (χ1v) is 7.01. The van der Waals surface area contributed by atoms with Crippen LogP contribution in [-0.4, -0.2) is 36.4 Å². The number of hydrogen-bond acceptors (Lipinski definition) is 4. The first-order valence-electron chi connectivity index (χ1n) is 7.01. The van der Waals surface area contributed by atoms with Crippen LogP contribution in [0.2, 0.25) is 0 Å². The van der Waals surface area contributed by atoms with Gasteiger partial charge in [-0.25, -0.2) is 4.98 Å². The molecule has 1 unspecified atom stereocenters. The van der Waals surface area contributed by atoms with Gasteiger partial charge in [0.05, 0.1) is 17.8 Å². The Morgan fingerprint density at radius 2 is 2.15 bits per heavy atom. The number of hydrogen-bond donors (Lipinski definition) is 2. The van der Waals surface area contributed by atoms with Crippen LogP contribution in [0.4, 0.5) is 11.5 Å². The van der Waals surface area contributed by atoms with Gasteiger partial charge in [0, 0.05) is 26.1 Å². The molecule has 0 aromatic carbocycles. The molecule has 0 bridgehead atoms. The Morgan fingerprint density at radius 1 is 1.35 bits per heavy atom. The first-order chi connectivity index (χ1) is 9.72. The molecule has 106 valence electrons. The lowest BCUT2D eigenvalue weighted by Crippen LogP contribution is -2.25. The molecule has 1 atom stereocenters. The van der Waals surface area contributed by atoms with Crippen LogP contribution < -0.4 is 15.5 Å². The third-order valence-electron chi connectivity index (χ3n) is 3.79. The van der Waals surface area contributed by atoms with Crippen molar-refractivity contribution in [1.82, 2.24) is 10.3 Å². The van der Waals surface area contributed by atoms with E-state index in [1.807, 2.05) is 12.1 Å². The molecule has 1 aromatic heterocycles. The lowest BCUT2D eigenvalue weighted by Gasteiger charge is -2.16. The van der Waals surface area contributed by atoms with Gasteiger partial charge in [-0.2, -0.15) is 0 Å². The average molecular weight is 274 g/mol. The molecule has 2 amide bonds. The Labute approximate surface area is 117 Å². The molecular weight excluding hydrogens is 256 g/mol. The van der Waals surface area contributed by atoms with E-state index in [0.29, 0.717) is 12.2 Å². The van der Waals surface area contributed by atoms with Crippen molar-refractivity contribution in [2.75, 3.05) is 29.9 Å². The molecule has 3 heterocycles. The molecular formula is C14H18N4O2. The van der Waals surface area contributed by atoms with Crippen LogP contribution in [0.15, 0.2) is 18.3 Å². The largest absolute Gasteiger partial charge is 0.357 e. The van der Waals surface area contributed by atoms with Gasteiger partial charge < -0.3 is 15.5 Å². The van der Waals surface area contributed by atoms with E-state index in [2.05, 4.69) is 20.5 Å². The number of aromatic nitrogens is 1. The van der Waals surface area contributed by atoms with Crippen LogP contribution in [0.25, 0.3) is 0 Å². The lowest BCUT2D eigenvalue weighted by atomic mass is 10.1. The zero-order valence-electron chi connectivity index (χ0n) is 11.3. The number of nitrogens with zero attached hydrogens (tertiary/aromatic N) is 2. The third kappa shape index (κ3) is 2.74. The van der Waals surface area contributed by atoms with Gasteiger partial charge >= 0.3 is 0 Å². The Morgan fingerprint density at radius 3 is 2.75 bits per heavy atom. The number of nitrogens with one attached hydrogen (secondary N) is 2. The van der Waals surface area contributed by atoms with Gasteiger partial charge in [0.25, 0.3) is 0 Å². The minimum absolute atomic E-state index is 0.0624. The van der Waals surface area contributed by atoms with Crippen molar-refractivity contribution >= 4 is 23.3 Å². The normalized spacial score (nSPS) is 21.9. The van der Waals surface area contributed by atoms with Crippen molar-refractivity contribution in [3.63, 3.8) is 0 Å². The SMILES string of the molecule is O=C1CC(C(=O)Nc2ccc(N3CCCC3)nc2)CN1. The zero-order valence-corrected chi connectivity index (χ0v) is 11.3. The maximum atomic E-state index is 12.0. The van der Waals surface area contributed by atoms with Crippen molar-refractivity contribution in [2.24, 2.45) is 5.92 Å².